The number of fused-ring (bicyclic) bond motifs is 16. The van der Waals surface area contributed by atoms with Crippen LogP contribution in [0.5, 0.6) is 0 Å². The standard InChI is InChI=1S/C29H18N2O2.C16H11BrN2O2/c1-15-30-23-13-11-21-25(27(23)32-15)26-22(12-14-24-28(26)33-16(2)31-24)29(21)19-9-5-3-7-17(19)18-8-4-6-10-20(18)29;1-8-18-12-5-3-4-10(15(12)20-8)14-11(17)6-7-13-16(14)21-9(2)19-13/h3-14H,1-2H3;3-7H,1-2H3. The molecule has 6 aromatic carbocycles. The molecule has 0 saturated heterocycles. The molecule has 9 heteroatoms. The molecule has 0 fully saturated rings. The van der Waals surface area contributed by atoms with Crippen LogP contribution in [0.3, 0.4) is 0 Å². The van der Waals surface area contributed by atoms with Crippen LogP contribution in [0, 0.1) is 27.7 Å². The van der Waals surface area contributed by atoms with E-state index in [1.165, 1.54) is 33.4 Å². The molecule has 54 heavy (non-hydrogen) atoms. The van der Waals surface area contributed by atoms with Crippen molar-refractivity contribution in [3.8, 4) is 33.4 Å². The summed E-state index contributed by atoms with van der Waals surface area (Å²) in [4.78, 5) is 18.1. The van der Waals surface area contributed by atoms with Crippen LogP contribution in [0.4, 0.5) is 0 Å². The van der Waals surface area contributed by atoms with Gasteiger partial charge in [0.2, 0.25) is 0 Å². The summed E-state index contributed by atoms with van der Waals surface area (Å²) in [6.45, 7) is 7.49. The van der Waals surface area contributed by atoms with Crippen molar-refractivity contribution in [1.29, 1.82) is 0 Å². The van der Waals surface area contributed by atoms with Gasteiger partial charge in [-0.05, 0) is 63.7 Å². The Balaban J connectivity index is 0.000000140. The summed E-state index contributed by atoms with van der Waals surface area (Å²) in [7, 11) is 0. The smallest absolute Gasteiger partial charge is 0.192 e. The van der Waals surface area contributed by atoms with Crippen LogP contribution in [0.2, 0.25) is 0 Å². The molecule has 4 heterocycles. The van der Waals surface area contributed by atoms with E-state index in [0.29, 0.717) is 23.6 Å². The van der Waals surface area contributed by atoms with Crippen molar-refractivity contribution in [2.24, 2.45) is 0 Å². The number of para-hydroxylation sites is 1. The summed E-state index contributed by atoms with van der Waals surface area (Å²) >= 11 is 3.61. The van der Waals surface area contributed by atoms with Gasteiger partial charge in [0, 0.05) is 54.4 Å². The second-order valence-corrected chi connectivity index (χ2v) is 14.7. The third kappa shape index (κ3) is 4.13. The fraction of sp³-hybridized carbons (Fsp3) is 0.111. The number of aryl methyl sites for hydroxylation is 4. The lowest BCUT2D eigenvalue weighted by atomic mass is 9.70. The van der Waals surface area contributed by atoms with E-state index in [4.69, 9.17) is 17.7 Å². The van der Waals surface area contributed by atoms with Crippen molar-refractivity contribution >= 4 is 60.3 Å². The molecule has 0 bridgehead atoms. The Labute approximate surface area is 316 Å². The second kappa shape index (κ2) is 11.1. The molecular weight excluding hydrogens is 740 g/mol. The van der Waals surface area contributed by atoms with Gasteiger partial charge in [-0.15, -0.1) is 0 Å². The van der Waals surface area contributed by atoms with E-state index < -0.39 is 5.41 Å². The van der Waals surface area contributed by atoms with Gasteiger partial charge in [-0.1, -0.05) is 88.7 Å². The second-order valence-electron chi connectivity index (χ2n) is 13.9. The van der Waals surface area contributed by atoms with Gasteiger partial charge in [0.1, 0.15) is 22.1 Å². The van der Waals surface area contributed by atoms with Gasteiger partial charge in [0.25, 0.3) is 0 Å². The molecule has 12 rings (SSSR count). The molecule has 260 valence electrons. The van der Waals surface area contributed by atoms with Crippen LogP contribution in [0.15, 0.2) is 125 Å². The lowest BCUT2D eigenvalue weighted by Crippen LogP contribution is -2.25. The SMILES string of the molecule is Cc1nc2ccc3c(c2o1)-c1c(ccc2nc(C)oc12)C31c2ccccc2-c2ccccc21.Cc1nc2cccc(-c3c(Br)ccc4nc(C)oc34)c2o1. The summed E-state index contributed by atoms with van der Waals surface area (Å²) in [6, 6.07) is 36.0. The van der Waals surface area contributed by atoms with Gasteiger partial charge >= 0.3 is 0 Å². The molecule has 0 N–H and O–H groups in total. The Bertz CT molecular complexity index is 3070. The Morgan fingerprint density at radius 3 is 1.31 bits per heavy atom. The average molecular weight is 770 g/mol. The highest BCUT2D eigenvalue weighted by molar-refractivity contribution is 9.10. The summed E-state index contributed by atoms with van der Waals surface area (Å²) in [5.41, 5.74) is 17.7. The molecule has 0 amide bonds. The minimum atomic E-state index is -0.443. The van der Waals surface area contributed by atoms with Crippen LogP contribution in [-0.2, 0) is 5.41 Å². The maximum atomic E-state index is 6.23. The molecule has 8 nitrogen and oxygen atoms in total. The van der Waals surface area contributed by atoms with Crippen LogP contribution in [-0.4, -0.2) is 19.9 Å². The summed E-state index contributed by atoms with van der Waals surface area (Å²) in [5, 5.41) is 0. The van der Waals surface area contributed by atoms with E-state index in [1.54, 1.807) is 0 Å². The Kier molecular flexibility index (Phi) is 6.42. The van der Waals surface area contributed by atoms with E-state index >= 15 is 0 Å². The first-order chi connectivity index (χ1) is 26.3. The monoisotopic (exact) mass is 768 g/mol. The van der Waals surface area contributed by atoms with Crippen molar-refractivity contribution < 1.29 is 17.7 Å². The van der Waals surface area contributed by atoms with Gasteiger partial charge in [0.15, 0.2) is 45.9 Å². The van der Waals surface area contributed by atoms with Crippen LogP contribution in [0.1, 0.15) is 45.8 Å². The third-order valence-corrected chi connectivity index (χ3v) is 11.4. The molecule has 10 aromatic rings. The molecule has 1 spiro atoms. The molecule has 0 aliphatic heterocycles. The maximum absolute atomic E-state index is 6.23. The van der Waals surface area contributed by atoms with E-state index in [2.05, 4.69) is 109 Å². The number of hydrogen-bond donors (Lipinski definition) is 0. The predicted octanol–water partition coefficient (Wildman–Crippen LogP) is 11.9. The molecule has 0 unspecified atom stereocenters. The molecule has 4 aromatic heterocycles. The van der Waals surface area contributed by atoms with E-state index in [9.17, 15) is 0 Å². The van der Waals surface area contributed by atoms with Crippen LogP contribution < -0.4 is 0 Å². The van der Waals surface area contributed by atoms with E-state index in [-0.39, 0.29) is 0 Å². The first-order valence-corrected chi connectivity index (χ1v) is 18.5. The number of nitrogens with zero attached hydrogens (tertiary/aromatic N) is 4. The highest BCUT2D eigenvalue weighted by atomic mass is 79.9. The molecule has 2 aliphatic carbocycles. The van der Waals surface area contributed by atoms with Crippen molar-refractivity contribution in [3.05, 3.63) is 153 Å². The molecule has 0 atom stereocenters. The van der Waals surface area contributed by atoms with Crippen molar-refractivity contribution in [2.45, 2.75) is 33.1 Å². The summed E-state index contributed by atoms with van der Waals surface area (Å²) in [5.74, 6) is 2.61. The van der Waals surface area contributed by atoms with E-state index in [1.807, 2.05) is 58.0 Å². The van der Waals surface area contributed by atoms with Crippen molar-refractivity contribution in [3.63, 3.8) is 0 Å². The first-order valence-electron chi connectivity index (χ1n) is 17.7. The maximum Gasteiger partial charge on any atom is 0.192 e. The minimum Gasteiger partial charge on any atom is -0.440 e. The van der Waals surface area contributed by atoms with Gasteiger partial charge in [-0.25, -0.2) is 19.9 Å². The van der Waals surface area contributed by atoms with Gasteiger partial charge in [-0.3, -0.25) is 0 Å². The number of aromatic nitrogens is 4. The molecular formula is C45H29BrN4O4. The summed E-state index contributed by atoms with van der Waals surface area (Å²) < 4.78 is 25.0. The average Bonchev–Trinajstić information content (AvgIpc) is 4.01. The van der Waals surface area contributed by atoms with E-state index in [0.717, 1.165) is 71.1 Å². The molecule has 2 aliphatic rings. The highest BCUT2D eigenvalue weighted by Crippen LogP contribution is 2.64. The lowest BCUT2D eigenvalue weighted by Gasteiger charge is -2.30. The minimum absolute atomic E-state index is 0.443. The number of oxazole rings is 4. The summed E-state index contributed by atoms with van der Waals surface area (Å²) in [6.07, 6.45) is 0. The lowest BCUT2D eigenvalue weighted by molar-refractivity contribution is 0.558. The van der Waals surface area contributed by atoms with Crippen molar-refractivity contribution in [2.75, 3.05) is 0 Å². The largest absolute Gasteiger partial charge is 0.440 e. The first kappa shape index (κ1) is 31.2. The quantitative estimate of drug-likeness (QED) is 0.163. The zero-order chi connectivity index (χ0) is 36.5. The van der Waals surface area contributed by atoms with Gasteiger partial charge in [0.05, 0.1) is 5.41 Å². The fourth-order valence-electron chi connectivity index (χ4n) is 8.88. The fourth-order valence-corrected chi connectivity index (χ4v) is 9.40. The Morgan fingerprint density at radius 1 is 0.389 bits per heavy atom. The number of halogens is 1. The van der Waals surface area contributed by atoms with Gasteiger partial charge in [-0.2, -0.15) is 0 Å². The topological polar surface area (TPSA) is 104 Å². The normalized spacial score (nSPS) is 13.4. The number of hydrogen-bond acceptors (Lipinski definition) is 8. The third-order valence-electron chi connectivity index (χ3n) is 10.7. The van der Waals surface area contributed by atoms with Gasteiger partial charge < -0.3 is 17.7 Å². The number of rotatable bonds is 1. The molecule has 0 radical (unpaired) electrons. The van der Waals surface area contributed by atoms with Crippen LogP contribution >= 0.6 is 15.9 Å². The zero-order valence-electron chi connectivity index (χ0n) is 29.6. The Hall–Kier alpha value is -6.32. The predicted molar refractivity (Wildman–Crippen MR) is 212 cm³/mol. The van der Waals surface area contributed by atoms with Crippen LogP contribution in [0.25, 0.3) is 77.8 Å². The van der Waals surface area contributed by atoms with Crippen molar-refractivity contribution in [1.82, 2.24) is 19.9 Å². The zero-order valence-corrected chi connectivity index (χ0v) is 31.2. The highest BCUT2D eigenvalue weighted by Gasteiger charge is 2.53. The number of benzene rings is 6. The molecule has 0 saturated carbocycles. The Morgan fingerprint density at radius 2 is 0.796 bits per heavy atom.